The van der Waals surface area contributed by atoms with Crippen LogP contribution >= 0.6 is 24.0 Å². The minimum absolute atomic E-state index is 0. The lowest BCUT2D eigenvalue weighted by atomic mass is 10.2. The van der Waals surface area contributed by atoms with Crippen molar-refractivity contribution in [1.82, 2.24) is 10.6 Å². The minimum Gasteiger partial charge on any atom is -0.494 e. The lowest BCUT2D eigenvalue weighted by Crippen LogP contribution is -2.44. The van der Waals surface area contributed by atoms with Gasteiger partial charge in [0, 0.05) is 12.6 Å². The Balaban J connectivity index is 0.00000288. The van der Waals surface area contributed by atoms with E-state index in [-0.39, 0.29) is 53.8 Å². The Kier molecular flexibility index (Phi) is 8.20. The predicted molar refractivity (Wildman–Crippen MR) is 103 cm³/mol. The maximum absolute atomic E-state index is 13.7. The highest BCUT2D eigenvalue weighted by Gasteiger charge is 2.28. The molecular formula is C15H23FIN3O3S. The van der Waals surface area contributed by atoms with E-state index < -0.39 is 15.7 Å². The number of methoxy groups -OCH3 is 1. The summed E-state index contributed by atoms with van der Waals surface area (Å²) in [5, 5.41) is 6.19. The third-order valence-electron chi connectivity index (χ3n) is 3.55. The van der Waals surface area contributed by atoms with E-state index in [2.05, 4.69) is 15.6 Å². The van der Waals surface area contributed by atoms with Crippen molar-refractivity contribution in [2.24, 2.45) is 4.99 Å². The number of benzene rings is 1. The molecule has 9 heteroatoms. The predicted octanol–water partition coefficient (Wildman–Crippen LogP) is 1.69. The van der Waals surface area contributed by atoms with Crippen molar-refractivity contribution in [2.75, 3.05) is 25.2 Å². The Morgan fingerprint density at radius 3 is 2.75 bits per heavy atom. The van der Waals surface area contributed by atoms with Crippen LogP contribution in [0.3, 0.4) is 0 Å². The molecule has 6 nitrogen and oxygen atoms in total. The van der Waals surface area contributed by atoms with Crippen LogP contribution in [0.2, 0.25) is 0 Å². The van der Waals surface area contributed by atoms with E-state index in [4.69, 9.17) is 4.74 Å². The lowest BCUT2D eigenvalue weighted by molar-refractivity contribution is 0.386. The average Bonchev–Trinajstić information content (AvgIpc) is 2.84. The van der Waals surface area contributed by atoms with Gasteiger partial charge in [-0.3, -0.25) is 0 Å². The largest absolute Gasteiger partial charge is 0.494 e. The van der Waals surface area contributed by atoms with E-state index in [1.54, 1.807) is 12.1 Å². The third-order valence-corrected chi connectivity index (χ3v) is 5.32. The Morgan fingerprint density at radius 1 is 1.46 bits per heavy atom. The number of guanidine groups is 1. The Hall–Kier alpha value is -1.10. The van der Waals surface area contributed by atoms with E-state index in [1.807, 2.05) is 6.92 Å². The first-order valence-corrected chi connectivity index (χ1v) is 9.33. The lowest BCUT2D eigenvalue weighted by Gasteiger charge is -2.15. The van der Waals surface area contributed by atoms with Crippen LogP contribution in [-0.2, 0) is 16.4 Å². The molecule has 1 heterocycles. The van der Waals surface area contributed by atoms with Gasteiger partial charge in [-0.15, -0.1) is 24.0 Å². The van der Waals surface area contributed by atoms with E-state index in [0.717, 1.165) is 0 Å². The average molecular weight is 471 g/mol. The van der Waals surface area contributed by atoms with Crippen molar-refractivity contribution in [1.29, 1.82) is 0 Å². The topological polar surface area (TPSA) is 79.8 Å². The van der Waals surface area contributed by atoms with Crippen molar-refractivity contribution in [2.45, 2.75) is 25.9 Å². The Bertz CT molecular complexity index is 683. The summed E-state index contributed by atoms with van der Waals surface area (Å²) >= 11 is 0. The molecule has 0 aromatic heterocycles. The number of ether oxygens (including phenoxy) is 1. The normalized spacial score (nSPS) is 19.5. The van der Waals surface area contributed by atoms with Gasteiger partial charge in [0.05, 0.1) is 25.2 Å². The summed E-state index contributed by atoms with van der Waals surface area (Å²) < 4.78 is 41.6. The fourth-order valence-corrected chi connectivity index (χ4v) is 4.07. The van der Waals surface area contributed by atoms with E-state index in [1.165, 1.54) is 13.2 Å². The molecule has 2 N–H and O–H groups in total. The van der Waals surface area contributed by atoms with Crippen molar-refractivity contribution in [3.05, 3.63) is 29.6 Å². The van der Waals surface area contributed by atoms with Gasteiger partial charge in [-0.25, -0.2) is 17.8 Å². The fourth-order valence-electron chi connectivity index (χ4n) is 2.40. The summed E-state index contributed by atoms with van der Waals surface area (Å²) in [6.45, 7) is 2.87. The number of rotatable bonds is 5. The molecule has 1 unspecified atom stereocenters. The fraction of sp³-hybridized carbons (Fsp3) is 0.533. The molecular weight excluding hydrogens is 448 g/mol. The molecule has 0 amide bonds. The first-order chi connectivity index (χ1) is 10.9. The van der Waals surface area contributed by atoms with Gasteiger partial charge >= 0.3 is 0 Å². The van der Waals surface area contributed by atoms with Crippen LogP contribution < -0.4 is 15.4 Å². The van der Waals surface area contributed by atoms with E-state index in [0.29, 0.717) is 24.5 Å². The third kappa shape index (κ3) is 6.08. The molecule has 0 saturated carbocycles. The molecule has 1 aliphatic heterocycles. The molecule has 1 atom stereocenters. The molecule has 0 aliphatic carbocycles. The number of nitrogens with one attached hydrogen (secondary N) is 2. The maximum Gasteiger partial charge on any atom is 0.191 e. The van der Waals surface area contributed by atoms with Gasteiger partial charge in [-0.05, 0) is 31.0 Å². The first kappa shape index (κ1) is 20.9. The van der Waals surface area contributed by atoms with Crippen LogP contribution in [0.5, 0.6) is 5.75 Å². The van der Waals surface area contributed by atoms with Gasteiger partial charge in [-0.2, -0.15) is 0 Å². The first-order valence-electron chi connectivity index (χ1n) is 7.51. The summed E-state index contributed by atoms with van der Waals surface area (Å²) in [5.41, 5.74) is 0.708. The van der Waals surface area contributed by atoms with Crippen LogP contribution in [0, 0.1) is 5.82 Å². The zero-order valence-electron chi connectivity index (χ0n) is 13.7. The minimum atomic E-state index is -2.95. The van der Waals surface area contributed by atoms with E-state index in [9.17, 15) is 12.8 Å². The SMILES string of the molecule is CCNC(=NCc1ccc(OC)c(F)c1)NC1CCS(=O)(=O)C1.I. The molecule has 0 spiro atoms. The number of hydrogen-bond acceptors (Lipinski definition) is 4. The van der Waals surface area contributed by atoms with Gasteiger partial charge in [0.1, 0.15) is 0 Å². The number of nitrogens with zero attached hydrogens (tertiary/aromatic N) is 1. The maximum atomic E-state index is 13.7. The van der Waals surface area contributed by atoms with Crippen molar-refractivity contribution >= 4 is 39.8 Å². The summed E-state index contributed by atoms with van der Waals surface area (Å²) in [6.07, 6.45) is 0.573. The highest BCUT2D eigenvalue weighted by atomic mass is 127. The number of hydrogen-bond donors (Lipinski definition) is 2. The van der Waals surface area contributed by atoms with Crippen molar-refractivity contribution in [3.63, 3.8) is 0 Å². The van der Waals surface area contributed by atoms with Gasteiger partial charge in [0.15, 0.2) is 27.4 Å². The summed E-state index contributed by atoms with van der Waals surface area (Å²) in [4.78, 5) is 4.38. The molecule has 1 aromatic rings. The second-order valence-electron chi connectivity index (χ2n) is 5.41. The van der Waals surface area contributed by atoms with Crippen LogP contribution in [-0.4, -0.2) is 45.6 Å². The molecule has 1 aliphatic rings. The molecule has 2 rings (SSSR count). The monoisotopic (exact) mass is 471 g/mol. The highest BCUT2D eigenvalue weighted by molar-refractivity contribution is 14.0. The molecule has 1 saturated heterocycles. The van der Waals surface area contributed by atoms with Gasteiger partial charge in [-0.1, -0.05) is 6.07 Å². The molecule has 136 valence electrons. The van der Waals surface area contributed by atoms with Crippen molar-refractivity contribution < 1.29 is 17.5 Å². The molecule has 0 radical (unpaired) electrons. The van der Waals surface area contributed by atoms with Crippen LogP contribution in [0.25, 0.3) is 0 Å². The van der Waals surface area contributed by atoms with Gasteiger partial charge in [0.2, 0.25) is 0 Å². The number of halogens is 2. The Morgan fingerprint density at radius 2 is 2.21 bits per heavy atom. The van der Waals surface area contributed by atoms with Gasteiger partial charge in [0.25, 0.3) is 0 Å². The second-order valence-corrected chi connectivity index (χ2v) is 7.64. The zero-order valence-corrected chi connectivity index (χ0v) is 16.9. The quantitative estimate of drug-likeness (QED) is 0.388. The number of sulfone groups is 1. The molecule has 0 bridgehead atoms. The molecule has 24 heavy (non-hydrogen) atoms. The zero-order chi connectivity index (χ0) is 16.9. The standard InChI is InChI=1S/C15H22FN3O3S.HI/c1-3-17-15(19-12-6-7-23(20,21)10-12)18-9-11-4-5-14(22-2)13(16)8-11;/h4-5,8,12H,3,6-7,9-10H2,1-2H3,(H2,17,18,19);1H. The molecule has 1 aromatic carbocycles. The molecule has 1 fully saturated rings. The van der Waals surface area contributed by atoms with Gasteiger partial charge < -0.3 is 15.4 Å². The van der Waals surface area contributed by atoms with Crippen LogP contribution in [0.15, 0.2) is 23.2 Å². The smallest absolute Gasteiger partial charge is 0.191 e. The van der Waals surface area contributed by atoms with Crippen LogP contribution in [0.4, 0.5) is 4.39 Å². The van der Waals surface area contributed by atoms with E-state index >= 15 is 0 Å². The number of aliphatic imine (C=N–C) groups is 1. The summed E-state index contributed by atoms with van der Waals surface area (Å²) in [5.74, 6) is 0.618. The van der Waals surface area contributed by atoms with Crippen LogP contribution in [0.1, 0.15) is 18.9 Å². The summed E-state index contributed by atoms with van der Waals surface area (Å²) in [6, 6.07) is 4.55. The second kappa shape index (κ2) is 9.40. The van der Waals surface area contributed by atoms with Crippen molar-refractivity contribution in [3.8, 4) is 5.75 Å². The Labute approximate surface area is 159 Å². The highest BCUT2D eigenvalue weighted by Crippen LogP contribution is 2.18. The summed E-state index contributed by atoms with van der Waals surface area (Å²) in [7, 11) is -1.53.